The largest absolute Gasteiger partial charge is 0.356 e. The Morgan fingerprint density at radius 1 is 0.886 bits per heavy atom. The van der Waals surface area contributed by atoms with Gasteiger partial charge in [0.2, 0.25) is 0 Å². The molecule has 3 aromatic carbocycles. The molecule has 2 saturated heterocycles. The van der Waals surface area contributed by atoms with E-state index in [0.717, 1.165) is 46.1 Å². The summed E-state index contributed by atoms with van der Waals surface area (Å²) in [4.78, 5) is 49.1. The molecule has 3 aliphatic heterocycles. The summed E-state index contributed by atoms with van der Waals surface area (Å²) in [6, 6.07) is 21.5. The molecule has 0 bridgehead atoms. The Labute approximate surface area is 257 Å². The van der Waals surface area contributed by atoms with Crippen molar-refractivity contribution in [2.24, 2.45) is 0 Å². The van der Waals surface area contributed by atoms with E-state index in [1.54, 1.807) is 29.2 Å². The van der Waals surface area contributed by atoms with Crippen molar-refractivity contribution >= 4 is 34.4 Å². The first kappa shape index (κ1) is 28.3. The molecule has 44 heavy (non-hydrogen) atoms. The van der Waals surface area contributed by atoms with Crippen LogP contribution in [0.5, 0.6) is 0 Å². The number of rotatable bonds is 4. The first-order valence-corrected chi connectivity index (χ1v) is 15.4. The number of hydrogen-bond donors (Lipinski definition) is 3. The highest BCUT2D eigenvalue weighted by Gasteiger charge is 2.53. The number of benzene rings is 3. The zero-order valence-corrected chi connectivity index (χ0v) is 25.9. The van der Waals surface area contributed by atoms with Crippen molar-refractivity contribution < 1.29 is 14.4 Å². The molecule has 226 valence electrons. The topological polar surface area (TPSA) is 97.5 Å². The van der Waals surface area contributed by atoms with Crippen LogP contribution >= 0.6 is 0 Å². The fourth-order valence-electron chi connectivity index (χ4n) is 7.94. The third-order valence-corrected chi connectivity index (χ3v) is 9.36. The summed E-state index contributed by atoms with van der Waals surface area (Å²) >= 11 is 0. The SMILES string of the molecule is Cc1ccc([C@@H]2c3[nH]c4ccccc4c3C[C@H]3C(=O)N(c4ccccc4C(=O)NC4CC(C)(C)NC(C)(C)C4)C(=O)N23)cc1. The maximum absolute atomic E-state index is 14.4. The van der Waals surface area contributed by atoms with Crippen LogP contribution in [0.3, 0.4) is 0 Å². The van der Waals surface area contributed by atoms with Crippen molar-refractivity contribution in [3.8, 4) is 0 Å². The summed E-state index contributed by atoms with van der Waals surface area (Å²) in [5, 5.41) is 7.94. The number of urea groups is 1. The Balaban J connectivity index is 1.27. The highest BCUT2D eigenvalue weighted by Crippen LogP contribution is 2.45. The van der Waals surface area contributed by atoms with Crippen molar-refractivity contribution in [2.45, 2.75) is 83.1 Å². The van der Waals surface area contributed by atoms with E-state index < -0.39 is 18.1 Å². The lowest BCUT2D eigenvalue weighted by molar-refractivity contribution is -0.120. The zero-order valence-electron chi connectivity index (χ0n) is 25.9. The maximum Gasteiger partial charge on any atom is 0.332 e. The number of aromatic nitrogens is 1. The third kappa shape index (κ3) is 4.68. The predicted molar refractivity (Wildman–Crippen MR) is 172 cm³/mol. The summed E-state index contributed by atoms with van der Waals surface area (Å²) in [6.45, 7) is 10.6. The van der Waals surface area contributed by atoms with Gasteiger partial charge in [-0.3, -0.25) is 14.5 Å². The van der Waals surface area contributed by atoms with E-state index in [2.05, 4.69) is 49.4 Å². The van der Waals surface area contributed by atoms with Gasteiger partial charge in [0.1, 0.15) is 12.1 Å². The molecule has 7 rings (SSSR count). The number of nitrogens with zero attached hydrogens (tertiary/aromatic N) is 2. The number of imide groups is 1. The fraction of sp³-hybridized carbons (Fsp3) is 0.361. The molecule has 3 N–H and O–H groups in total. The molecule has 2 atom stereocenters. The number of nitrogens with one attached hydrogen (secondary N) is 3. The minimum atomic E-state index is -0.692. The van der Waals surface area contributed by atoms with Gasteiger partial charge in [0.05, 0.1) is 11.3 Å². The van der Waals surface area contributed by atoms with Crippen LogP contribution in [0.25, 0.3) is 10.9 Å². The third-order valence-electron chi connectivity index (χ3n) is 9.36. The average molecular weight is 590 g/mol. The predicted octanol–water partition coefficient (Wildman–Crippen LogP) is 6.00. The van der Waals surface area contributed by atoms with Crippen molar-refractivity contribution in [1.29, 1.82) is 0 Å². The average Bonchev–Trinajstić information content (AvgIpc) is 3.45. The quantitative estimate of drug-likeness (QED) is 0.255. The maximum atomic E-state index is 14.4. The molecule has 0 aliphatic carbocycles. The van der Waals surface area contributed by atoms with Crippen LogP contribution in [0.4, 0.5) is 10.5 Å². The normalized spacial score (nSPS) is 22.7. The van der Waals surface area contributed by atoms with Gasteiger partial charge < -0.3 is 15.6 Å². The molecule has 0 saturated carbocycles. The van der Waals surface area contributed by atoms with Gasteiger partial charge in [-0.15, -0.1) is 0 Å². The number of piperidine rings is 1. The molecule has 0 radical (unpaired) electrons. The van der Waals surface area contributed by atoms with E-state index in [9.17, 15) is 14.4 Å². The van der Waals surface area contributed by atoms with Crippen LogP contribution in [-0.2, 0) is 11.2 Å². The van der Waals surface area contributed by atoms with Crippen molar-refractivity contribution in [2.75, 3.05) is 4.90 Å². The first-order chi connectivity index (χ1) is 20.9. The summed E-state index contributed by atoms with van der Waals surface area (Å²) in [6.07, 6.45) is 1.94. The molecule has 3 aliphatic rings. The van der Waals surface area contributed by atoms with Gasteiger partial charge in [0, 0.05) is 40.1 Å². The van der Waals surface area contributed by atoms with E-state index in [1.165, 1.54) is 4.90 Å². The fourth-order valence-corrected chi connectivity index (χ4v) is 7.94. The standard InChI is InChI=1S/C36H39N5O3/c1-21-14-16-22(17-15-21)31-30-26(24-10-6-8-12-27(24)38-30)18-29-33(43)41(34(44)40(29)31)28-13-9-7-11-25(28)32(42)37-23-19-35(2,3)39-36(4,5)20-23/h6-17,23,29,31,38-39H,18-20H2,1-5H3,(H,37,42)/t29-,31+/m0/s1. The molecule has 2 fully saturated rings. The van der Waals surface area contributed by atoms with Crippen LogP contribution in [0.15, 0.2) is 72.8 Å². The number of carbonyl (C=O) groups is 3. The number of amides is 4. The molecular formula is C36H39N5O3. The molecule has 4 aromatic rings. The van der Waals surface area contributed by atoms with E-state index >= 15 is 0 Å². The van der Waals surface area contributed by atoms with Crippen LogP contribution in [0.2, 0.25) is 0 Å². The molecular weight excluding hydrogens is 550 g/mol. The number of anilines is 1. The van der Waals surface area contributed by atoms with Crippen molar-refractivity contribution in [1.82, 2.24) is 20.5 Å². The Morgan fingerprint density at radius 2 is 1.55 bits per heavy atom. The Morgan fingerprint density at radius 3 is 2.27 bits per heavy atom. The number of aromatic amines is 1. The van der Waals surface area contributed by atoms with E-state index in [1.807, 2.05) is 49.4 Å². The molecule has 0 unspecified atom stereocenters. The molecule has 8 heteroatoms. The molecule has 1 aromatic heterocycles. The Hall–Kier alpha value is -4.43. The van der Waals surface area contributed by atoms with Gasteiger partial charge in [-0.05, 0) is 76.8 Å². The minimum Gasteiger partial charge on any atom is -0.356 e. The first-order valence-electron chi connectivity index (χ1n) is 15.4. The molecule has 8 nitrogen and oxygen atoms in total. The van der Waals surface area contributed by atoms with Gasteiger partial charge in [0.25, 0.3) is 11.8 Å². The van der Waals surface area contributed by atoms with Gasteiger partial charge in [-0.1, -0.05) is 60.2 Å². The number of fused-ring (bicyclic) bond motifs is 4. The zero-order chi connectivity index (χ0) is 31.0. The number of para-hydroxylation sites is 2. The number of carbonyl (C=O) groups excluding carboxylic acids is 3. The highest BCUT2D eigenvalue weighted by molar-refractivity contribution is 6.24. The van der Waals surface area contributed by atoms with Crippen LogP contribution in [0, 0.1) is 6.92 Å². The highest BCUT2D eigenvalue weighted by atomic mass is 16.2. The summed E-state index contributed by atoms with van der Waals surface area (Å²) in [7, 11) is 0. The summed E-state index contributed by atoms with van der Waals surface area (Å²) in [5.41, 5.74) is 5.36. The minimum absolute atomic E-state index is 0.0534. The second-order valence-corrected chi connectivity index (χ2v) is 13.9. The lowest BCUT2D eigenvalue weighted by Crippen LogP contribution is -2.62. The summed E-state index contributed by atoms with van der Waals surface area (Å²) < 4.78 is 0. The van der Waals surface area contributed by atoms with E-state index in [-0.39, 0.29) is 28.9 Å². The summed E-state index contributed by atoms with van der Waals surface area (Å²) in [5.74, 6) is -0.594. The van der Waals surface area contributed by atoms with Gasteiger partial charge >= 0.3 is 6.03 Å². The van der Waals surface area contributed by atoms with Crippen LogP contribution < -0.4 is 15.5 Å². The molecule has 4 amide bonds. The smallest absolute Gasteiger partial charge is 0.332 e. The number of aryl methyl sites for hydroxylation is 1. The van der Waals surface area contributed by atoms with Crippen molar-refractivity contribution in [3.05, 3.63) is 101 Å². The molecule has 4 heterocycles. The lowest BCUT2D eigenvalue weighted by atomic mass is 9.79. The Kier molecular flexibility index (Phi) is 6.48. The Bertz CT molecular complexity index is 1790. The second kappa shape index (κ2) is 10.1. The van der Waals surface area contributed by atoms with Gasteiger partial charge in [-0.25, -0.2) is 9.69 Å². The lowest BCUT2D eigenvalue weighted by Gasteiger charge is -2.46. The number of hydrogen-bond acceptors (Lipinski definition) is 4. The second-order valence-electron chi connectivity index (χ2n) is 13.9. The van der Waals surface area contributed by atoms with Crippen LogP contribution in [0.1, 0.15) is 79.3 Å². The van der Waals surface area contributed by atoms with Gasteiger partial charge in [-0.2, -0.15) is 0 Å². The monoisotopic (exact) mass is 589 g/mol. The van der Waals surface area contributed by atoms with Crippen LogP contribution in [-0.4, -0.2) is 50.9 Å². The molecule has 0 spiro atoms. The van der Waals surface area contributed by atoms with Crippen molar-refractivity contribution in [3.63, 3.8) is 0 Å². The number of H-pyrrole nitrogens is 1. The van der Waals surface area contributed by atoms with Gasteiger partial charge in [0.15, 0.2) is 0 Å². The van der Waals surface area contributed by atoms with E-state index in [0.29, 0.717) is 17.7 Å². The van der Waals surface area contributed by atoms with E-state index in [4.69, 9.17) is 0 Å².